The van der Waals surface area contributed by atoms with E-state index in [4.69, 9.17) is 4.74 Å². The molecule has 5 heteroatoms. The summed E-state index contributed by atoms with van der Waals surface area (Å²) in [4.78, 5) is 14.6. The van der Waals surface area contributed by atoms with Gasteiger partial charge in [0.05, 0.1) is 18.9 Å². The van der Waals surface area contributed by atoms with E-state index in [2.05, 4.69) is 20.8 Å². The highest BCUT2D eigenvalue weighted by Crippen LogP contribution is 2.24. The van der Waals surface area contributed by atoms with Gasteiger partial charge in [0.25, 0.3) is 0 Å². The van der Waals surface area contributed by atoms with Gasteiger partial charge >= 0.3 is 0 Å². The smallest absolute Gasteiger partial charge is 0.211 e. The van der Waals surface area contributed by atoms with E-state index in [1.165, 1.54) is 0 Å². The summed E-state index contributed by atoms with van der Waals surface area (Å²) in [5.41, 5.74) is 0.917. The SMILES string of the molecule is O=c1c(N2CCOCC2)csc2ccc(Br)cc12. The van der Waals surface area contributed by atoms with Crippen molar-refractivity contribution in [2.24, 2.45) is 0 Å². The molecule has 0 atom stereocenters. The predicted octanol–water partition coefficient (Wildman–Crippen LogP) is 2.86. The molecule has 1 aliphatic rings. The van der Waals surface area contributed by atoms with Crippen LogP contribution in [0, 0.1) is 0 Å². The summed E-state index contributed by atoms with van der Waals surface area (Å²) in [7, 11) is 0. The van der Waals surface area contributed by atoms with Gasteiger partial charge in [-0.25, -0.2) is 0 Å². The molecule has 2 heterocycles. The molecule has 0 amide bonds. The molecule has 2 aromatic rings. The number of nitrogens with zero attached hydrogens (tertiary/aromatic N) is 1. The highest BCUT2D eigenvalue weighted by molar-refractivity contribution is 9.10. The molecule has 0 spiro atoms. The van der Waals surface area contributed by atoms with Crippen molar-refractivity contribution in [3.8, 4) is 0 Å². The molecule has 0 aliphatic carbocycles. The van der Waals surface area contributed by atoms with Crippen LogP contribution in [-0.2, 0) is 4.74 Å². The first kappa shape index (κ1) is 12.1. The van der Waals surface area contributed by atoms with Crippen LogP contribution in [0.15, 0.2) is 32.8 Å². The van der Waals surface area contributed by atoms with Gasteiger partial charge in [-0.15, -0.1) is 11.3 Å². The molecule has 1 saturated heterocycles. The second-order valence-corrected chi connectivity index (χ2v) is 6.02. The van der Waals surface area contributed by atoms with E-state index in [1.807, 2.05) is 23.6 Å². The summed E-state index contributed by atoms with van der Waals surface area (Å²) in [5.74, 6) is 0. The van der Waals surface area contributed by atoms with Gasteiger partial charge in [-0.05, 0) is 18.2 Å². The zero-order valence-corrected chi connectivity index (χ0v) is 12.1. The molecule has 1 aliphatic heterocycles. The number of anilines is 1. The lowest BCUT2D eigenvalue weighted by Crippen LogP contribution is -2.38. The summed E-state index contributed by atoms with van der Waals surface area (Å²) < 4.78 is 7.29. The van der Waals surface area contributed by atoms with Crippen LogP contribution in [0.25, 0.3) is 10.1 Å². The quantitative estimate of drug-likeness (QED) is 0.807. The minimum atomic E-state index is 0.118. The van der Waals surface area contributed by atoms with Crippen molar-refractivity contribution in [2.75, 3.05) is 31.2 Å². The Labute approximate surface area is 117 Å². The van der Waals surface area contributed by atoms with Crippen LogP contribution in [0.3, 0.4) is 0 Å². The van der Waals surface area contributed by atoms with Crippen LogP contribution in [0.5, 0.6) is 0 Å². The zero-order chi connectivity index (χ0) is 12.5. The van der Waals surface area contributed by atoms with E-state index in [9.17, 15) is 4.79 Å². The third-order valence-corrected chi connectivity index (χ3v) is 4.51. The maximum absolute atomic E-state index is 12.5. The van der Waals surface area contributed by atoms with E-state index < -0.39 is 0 Å². The van der Waals surface area contributed by atoms with Crippen molar-refractivity contribution in [1.82, 2.24) is 0 Å². The molecular weight excluding hydrogens is 314 g/mol. The molecular formula is C13H12BrNO2S. The summed E-state index contributed by atoms with van der Waals surface area (Å²) >= 11 is 5.04. The molecule has 3 rings (SSSR count). The Hall–Kier alpha value is -0.910. The summed E-state index contributed by atoms with van der Waals surface area (Å²) in [5, 5.41) is 2.75. The third-order valence-electron chi connectivity index (χ3n) is 3.07. The molecule has 94 valence electrons. The first-order chi connectivity index (χ1) is 8.75. The minimum Gasteiger partial charge on any atom is -0.378 e. The van der Waals surface area contributed by atoms with Gasteiger partial charge in [0, 0.05) is 33.0 Å². The van der Waals surface area contributed by atoms with Crippen molar-refractivity contribution in [2.45, 2.75) is 0 Å². The van der Waals surface area contributed by atoms with Crippen molar-refractivity contribution in [3.63, 3.8) is 0 Å². The van der Waals surface area contributed by atoms with E-state index >= 15 is 0 Å². The normalized spacial score (nSPS) is 16.2. The average molecular weight is 326 g/mol. The van der Waals surface area contributed by atoms with E-state index in [0.717, 1.165) is 33.3 Å². The first-order valence-electron chi connectivity index (χ1n) is 5.79. The fourth-order valence-electron chi connectivity index (χ4n) is 2.12. The fraction of sp³-hybridized carbons (Fsp3) is 0.308. The molecule has 18 heavy (non-hydrogen) atoms. The van der Waals surface area contributed by atoms with Crippen molar-refractivity contribution >= 4 is 43.0 Å². The molecule has 0 saturated carbocycles. The van der Waals surface area contributed by atoms with Crippen LogP contribution in [0.2, 0.25) is 0 Å². The van der Waals surface area contributed by atoms with Crippen LogP contribution in [0.1, 0.15) is 0 Å². The number of ether oxygens (including phenoxy) is 1. The zero-order valence-electron chi connectivity index (χ0n) is 9.69. The van der Waals surface area contributed by atoms with Crippen LogP contribution < -0.4 is 10.3 Å². The van der Waals surface area contributed by atoms with Crippen molar-refractivity contribution < 1.29 is 4.74 Å². The highest BCUT2D eigenvalue weighted by atomic mass is 79.9. The van der Waals surface area contributed by atoms with Gasteiger partial charge in [-0.3, -0.25) is 4.79 Å². The van der Waals surface area contributed by atoms with Crippen molar-refractivity contribution in [1.29, 1.82) is 0 Å². The molecule has 0 radical (unpaired) electrons. The lowest BCUT2D eigenvalue weighted by Gasteiger charge is -2.28. The number of hydrogen-bond donors (Lipinski definition) is 0. The van der Waals surface area contributed by atoms with E-state index in [0.29, 0.717) is 13.2 Å². The molecule has 3 nitrogen and oxygen atoms in total. The maximum Gasteiger partial charge on any atom is 0.211 e. The third kappa shape index (κ3) is 2.18. The lowest BCUT2D eigenvalue weighted by atomic mass is 10.2. The largest absolute Gasteiger partial charge is 0.378 e. The Balaban J connectivity index is 2.13. The number of rotatable bonds is 1. The van der Waals surface area contributed by atoms with E-state index in [1.54, 1.807) is 11.3 Å². The minimum absolute atomic E-state index is 0.118. The second kappa shape index (κ2) is 4.99. The standard InChI is InChI=1S/C13H12BrNO2S/c14-9-1-2-12-10(7-9)13(16)11(8-18-12)15-3-5-17-6-4-15/h1-2,7-8H,3-6H2. The Morgan fingerprint density at radius 2 is 2.06 bits per heavy atom. The summed E-state index contributed by atoms with van der Waals surface area (Å²) in [6.45, 7) is 2.98. The van der Waals surface area contributed by atoms with Crippen LogP contribution in [0.4, 0.5) is 5.69 Å². The highest BCUT2D eigenvalue weighted by Gasteiger charge is 2.15. The predicted molar refractivity (Wildman–Crippen MR) is 78.8 cm³/mol. The number of hydrogen-bond acceptors (Lipinski definition) is 4. The van der Waals surface area contributed by atoms with Gasteiger partial charge in [0.1, 0.15) is 0 Å². The van der Waals surface area contributed by atoms with Gasteiger partial charge in [0.2, 0.25) is 5.43 Å². The van der Waals surface area contributed by atoms with Gasteiger partial charge in [-0.1, -0.05) is 15.9 Å². The number of halogens is 1. The average Bonchev–Trinajstić information content (AvgIpc) is 2.41. The Morgan fingerprint density at radius 3 is 2.83 bits per heavy atom. The topological polar surface area (TPSA) is 29.5 Å². The Morgan fingerprint density at radius 1 is 1.28 bits per heavy atom. The van der Waals surface area contributed by atoms with Gasteiger partial charge in [-0.2, -0.15) is 0 Å². The maximum atomic E-state index is 12.5. The van der Waals surface area contributed by atoms with Gasteiger partial charge < -0.3 is 9.64 Å². The molecule has 0 bridgehead atoms. The molecule has 1 fully saturated rings. The summed E-state index contributed by atoms with van der Waals surface area (Å²) in [6, 6.07) is 5.85. The number of morpholine rings is 1. The molecule has 1 aromatic heterocycles. The van der Waals surface area contributed by atoms with Gasteiger partial charge in [0.15, 0.2) is 0 Å². The van der Waals surface area contributed by atoms with E-state index in [-0.39, 0.29) is 5.43 Å². The lowest BCUT2D eigenvalue weighted by molar-refractivity contribution is 0.122. The Bertz CT molecular complexity index is 634. The van der Waals surface area contributed by atoms with Crippen LogP contribution >= 0.6 is 27.3 Å². The first-order valence-corrected chi connectivity index (χ1v) is 7.47. The molecule has 0 N–H and O–H groups in total. The number of fused-ring (bicyclic) bond motifs is 1. The number of benzene rings is 1. The molecule has 0 unspecified atom stereocenters. The second-order valence-electron chi connectivity index (χ2n) is 4.19. The fourth-order valence-corrected chi connectivity index (χ4v) is 3.40. The Kier molecular flexibility index (Phi) is 3.37. The van der Waals surface area contributed by atoms with Crippen molar-refractivity contribution in [3.05, 3.63) is 38.3 Å². The van der Waals surface area contributed by atoms with Crippen LogP contribution in [-0.4, -0.2) is 26.3 Å². The monoisotopic (exact) mass is 325 g/mol. The molecule has 1 aromatic carbocycles. The summed E-state index contributed by atoms with van der Waals surface area (Å²) in [6.07, 6.45) is 0.